The molecule has 0 unspecified atom stereocenters. The SMILES string of the molecule is CC(C)NS(=O)(=O)N1CC(N)C1. The highest BCUT2D eigenvalue weighted by atomic mass is 32.2. The Bertz CT molecular complexity index is 244. The number of hydrogen-bond donors (Lipinski definition) is 2. The van der Waals surface area contributed by atoms with Crippen molar-refractivity contribution in [3.8, 4) is 0 Å². The van der Waals surface area contributed by atoms with Crippen molar-refractivity contribution in [3.05, 3.63) is 0 Å². The van der Waals surface area contributed by atoms with Gasteiger partial charge in [-0.2, -0.15) is 17.4 Å². The van der Waals surface area contributed by atoms with Gasteiger partial charge in [0.1, 0.15) is 0 Å². The average Bonchev–Trinajstić information content (AvgIpc) is 1.77. The van der Waals surface area contributed by atoms with E-state index in [2.05, 4.69) is 4.72 Å². The molecule has 0 aromatic heterocycles. The van der Waals surface area contributed by atoms with Gasteiger partial charge in [-0.15, -0.1) is 0 Å². The molecule has 1 heterocycles. The average molecular weight is 193 g/mol. The van der Waals surface area contributed by atoms with E-state index in [-0.39, 0.29) is 12.1 Å². The van der Waals surface area contributed by atoms with E-state index in [1.165, 1.54) is 4.31 Å². The van der Waals surface area contributed by atoms with Gasteiger partial charge >= 0.3 is 0 Å². The van der Waals surface area contributed by atoms with Crippen molar-refractivity contribution in [2.75, 3.05) is 13.1 Å². The van der Waals surface area contributed by atoms with Crippen molar-refractivity contribution >= 4 is 10.2 Å². The van der Waals surface area contributed by atoms with Crippen molar-refractivity contribution in [1.29, 1.82) is 0 Å². The van der Waals surface area contributed by atoms with E-state index in [0.717, 1.165) is 0 Å². The van der Waals surface area contributed by atoms with E-state index >= 15 is 0 Å². The van der Waals surface area contributed by atoms with Crippen LogP contribution in [-0.2, 0) is 10.2 Å². The van der Waals surface area contributed by atoms with E-state index in [1.54, 1.807) is 13.8 Å². The molecule has 0 aliphatic carbocycles. The molecule has 72 valence electrons. The molecule has 1 aliphatic heterocycles. The van der Waals surface area contributed by atoms with Gasteiger partial charge in [0.15, 0.2) is 0 Å². The third-order valence-corrected chi connectivity index (χ3v) is 3.35. The van der Waals surface area contributed by atoms with Crippen LogP contribution in [-0.4, -0.2) is 37.9 Å². The maximum absolute atomic E-state index is 11.3. The zero-order valence-corrected chi connectivity index (χ0v) is 8.13. The maximum Gasteiger partial charge on any atom is 0.279 e. The van der Waals surface area contributed by atoms with Crippen LogP contribution in [0.25, 0.3) is 0 Å². The summed E-state index contributed by atoms with van der Waals surface area (Å²) in [6.45, 7) is 4.44. The summed E-state index contributed by atoms with van der Waals surface area (Å²) in [5, 5.41) is 0. The van der Waals surface area contributed by atoms with Crippen LogP contribution in [0.3, 0.4) is 0 Å². The zero-order valence-electron chi connectivity index (χ0n) is 7.32. The van der Waals surface area contributed by atoms with Crippen LogP contribution in [0, 0.1) is 0 Å². The Balaban J connectivity index is 2.50. The first-order chi connectivity index (χ1) is 5.42. The van der Waals surface area contributed by atoms with Gasteiger partial charge in [-0.05, 0) is 13.8 Å². The van der Waals surface area contributed by atoms with Crippen LogP contribution >= 0.6 is 0 Å². The number of hydrogen-bond acceptors (Lipinski definition) is 3. The summed E-state index contributed by atoms with van der Waals surface area (Å²) < 4.78 is 26.5. The zero-order chi connectivity index (χ0) is 9.35. The number of nitrogens with zero attached hydrogens (tertiary/aromatic N) is 1. The van der Waals surface area contributed by atoms with E-state index in [0.29, 0.717) is 13.1 Å². The molecular weight excluding hydrogens is 178 g/mol. The number of rotatable bonds is 3. The highest BCUT2D eigenvalue weighted by molar-refractivity contribution is 7.87. The van der Waals surface area contributed by atoms with Crippen LogP contribution < -0.4 is 10.5 Å². The lowest BCUT2D eigenvalue weighted by Gasteiger charge is -2.35. The molecule has 6 heteroatoms. The van der Waals surface area contributed by atoms with Gasteiger partial charge in [-0.3, -0.25) is 0 Å². The molecule has 12 heavy (non-hydrogen) atoms. The minimum Gasteiger partial charge on any atom is -0.325 e. The molecule has 1 fully saturated rings. The quantitative estimate of drug-likeness (QED) is 0.595. The Labute approximate surface area is 73.1 Å². The van der Waals surface area contributed by atoms with Crippen molar-refractivity contribution < 1.29 is 8.42 Å². The van der Waals surface area contributed by atoms with Crippen molar-refractivity contribution in [2.24, 2.45) is 5.73 Å². The highest BCUT2D eigenvalue weighted by Gasteiger charge is 2.33. The molecule has 0 saturated carbocycles. The van der Waals surface area contributed by atoms with E-state index in [4.69, 9.17) is 5.73 Å². The summed E-state index contributed by atoms with van der Waals surface area (Å²) in [5.41, 5.74) is 5.46. The molecule has 1 rings (SSSR count). The molecule has 0 spiro atoms. The fraction of sp³-hybridized carbons (Fsp3) is 1.00. The predicted octanol–water partition coefficient (Wildman–Crippen LogP) is -1.13. The molecule has 0 atom stereocenters. The van der Waals surface area contributed by atoms with Gasteiger partial charge in [0.05, 0.1) is 0 Å². The third-order valence-electron chi connectivity index (χ3n) is 1.60. The van der Waals surface area contributed by atoms with E-state index in [1.807, 2.05) is 0 Å². The normalized spacial score (nSPS) is 21.3. The van der Waals surface area contributed by atoms with Crippen LogP contribution in [0.2, 0.25) is 0 Å². The molecule has 0 bridgehead atoms. The summed E-state index contributed by atoms with van der Waals surface area (Å²) in [7, 11) is -3.25. The van der Waals surface area contributed by atoms with Gasteiger partial charge in [0, 0.05) is 25.2 Å². The second-order valence-corrected chi connectivity index (χ2v) is 5.06. The first kappa shape index (κ1) is 9.91. The number of nitrogens with one attached hydrogen (secondary N) is 1. The molecule has 0 amide bonds. The fourth-order valence-corrected chi connectivity index (χ4v) is 2.56. The van der Waals surface area contributed by atoms with E-state index < -0.39 is 10.2 Å². The maximum atomic E-state index is 11.3. The molecule has 0 aromatic rings. The van der Waals surface area contributed by atoms with Crippen molar-refractivity contribution in [2.45, 2.75) is 25.9 Å². The van der Waals surface area contributed by atoms with Gasteiger partial charge in [-0.1, -0.05) is 0 Å². The molecule has 0 radical (unpaired) electrons. The highest BCUT2D eigenvalue weighted by Crippen LogP contribution is 2.10. The van der Waals surface area contributed by atoms with Gasteiger partial charge in [0.2, 0.25) is 0 Å². The van der Waals surface area contributed by atoms with Gasteiger partial charge in [0.25, 0.3) is 10.2 Å². The molecule has 0 aromatic carbocycles. The molecule has 5 nitrogen and oxygen atoms in total. The predicted molar refractivity (Wildman–Crippen MR) is 46.7 cm³/mol. The molecular formula is C6H15N3O2S. The van der Waals surface area contributed by atoms with Crippen LogP contribution in [0.1, 0.15) is 13.8 Å². The first-order valence-corrected chi connectivity index (χ1v) is 5.39. The molecule has 1 aliphatic rings. The summed E-state index contributed by atoms with van der Waals surface area (Å²) >= 11 is 0. The summed E-state index contributed by atoms with van der Waals surface area (Å²) in [6, 6.07) is -0.0550. The standard InChI is InChI=1S/C6H15N3O2S/c1-5(2)8-12(10,11)9-3-6(7)4-9/h5-6,8H,3-4,7H2,1-2H3. The fourth-order valence-electron chi connectivity index (χ4n) is 1.04. The van der Waals surface area contributed by atoms with Crippen LogP contribution in [0.5, 0.6) is 0 Å². The molecule has 3 N–H and O–H groups in total. The van der Waals surface area contributed by atoms with Crippen LogP contribution in [0.15, 0.2) is 0 Å². The smallest absolute Gasteiger partial charge is 0.279 e. The van der Waals surface area contributed by atoms with Crippen LogP contribution in [0.4, 0.5) is 0 Å². The Morgan fingerprint density at radius 1 is 1.50 bits per heavy atom. The first-order valence-electron chi connectivity index (χ1n) is 3.95. The lowest BCUT2D eigenvalue weighted by Crippen LogP contribution is -2.60. The Morgan fingerprint density at radius 3 is 2.33 bits per heavy atom. The van der Waals surface area contributed by atoms with Gasteiger partial charge in [-0.25, -0.2) is 0 Å². The summed E-state index contributed by atoms with van der Waals surface area (Å²) in [4.78, 5) is 0. The Kier molecular flexibility index (Phi) is 2.72. The topological polar surface area (TPSA) is 75.4 Å². The largest absolute Gasteiger partial charge is 0.325 e. The van der Waals surface area contributed by atoms with Gasteiger partial charge < -0.3 is 5.73 Å². The lowest BCUT2D eigenvalue weighted by atomic mass is 10.2. The molecule has 1 saturated heterocycles. The number of nitrogens with two attached hydrogens (primary N) is 1. The minimum absolute atomic E-state index is 0.00809. The lowest BCUT2D eigenvalue weighted by molar-refractivity contribution is 0.261. The second-order valence-electron chi connectivity index (χ2n) is 3.35. The Hall–Kier alpha value is -0.170. The third kappa shape index (κ3) is 2.16. The minimum atomic E-state index is -3.25. The monoisotopic (exact) mass is 193 g/mol. The second kappa shape index (κ2) is 3.29. The van der Waals surface area contributed by atoms with E-state index in [9.17, 15) is 8.42 Å². The Morgan fingerprint density at radius 2 is 2.00 bits per heavy atom. The van der Waals surface area contributed by atoms with Crippen molar-refractivity contribution in [3.63, 3.8) is 0 Å². The summed E-state index contributed by atoms with van der Waals surface area (Å²) in [6.07, 6.45) is 0. The van der Waals surface area contributed by atoms with Crippen molar-refractivity contribution in [1.82, 2.24) is 9.03 Å². The summed E-state index contributed by atoms with van der Waals surface area (Å²) in [5.74, 6) is 0.